The number of piperidine rings is 2. The molecule has 1 N–H and O–H groups in total. The molecule has 1 spiro atoms. The first-order valence-corrected chi connectivity index (χ1v) is 9.83. The van der Waals surface area contributed by atoms with Gasteiger partial charge in [0.2, 0.25) is 10.0 Å². The van der Waals surface area contributed by atoms with E-state index < -0.39 is 10.0 Å². The summed E-state index contributed by atoms with van der Waals surface area (Å²) in [6.07, 6.45) is 4.18. The molecule has 2 heterocycles. The highest BCUT2D eigenvalue weighted by atomic mass is 35.5. The summed E-state index contributed by atoms with van der Waals surface area (Å²) < 4.78 is 32.3. The van der Waals surface area contributed by atoms with Crippen LogP contribution in [0.25, 0.3) is 0 Å². The van der Waals surface area contributed by atoms with Gasteiger partial charge in [-0.05, 0) is 62.4 Å². The first-order valence-electron chi connectivity index (χ1n) is 8.01. The monoisotopic (exact) mass is 358 g/mol. The lowest BCUT2D eigenvalue weighted by Gasteiger charge is -2.43. The van der Waals surface area contributed by atoms with Gasteiger partial charge in [-0.1, -0.05) is 11.6 Å². The van der Waals surface area contributed by atoms with Gasteiger partial charge in [0.1, 0.15) is 5.75 Å². The third-order valence-electron chi connectivity index (χ3n) is 5.21. The third kappa shape index (κ3) is 3.36. The van der Waals surface area contributed by atoms with Gasteiger partial charge in [-0.25, -0.2) is 8.42 Å². The van der Waals surface area contributed by atoms with E-state index in [1.807, 2.05) is 0 Å². The molecule has 0 bridgehead atoms. The van der Waals surface area contributed by atoms with E-state index in [2.05, 4.69) is 5.32 Å². The molecule has 1 aromatic carbocycles. The number of hydrogen-bond donors (Lipinski definition) is 1. The maximum Gasteiger partial charge on any atom is 0.243 e. The van der Waals surface area contributed by atoms with E-state index in [-0.39, 0.29) is 4.90 Å². The molecule has 2 aliphatic heterocycles. The van der Waals surface area contributed by atoms with Crippen LogP contribution in [0.1, 0.15) is 25.7 Å². The minimum absolute atomic E-state index is 0.240. The Balaban J connectivity index is 1.75. The molecule has 23 heavy (non-hydrogen) atoms. The molecule has 3 rings (SSSR count). The molecule has 0 atom stereocenters. The van der Waals surface area contributed by atoms with Crippen LogP contribution in [-0.2, 0) is 10.0 Å². The van der Waals surface area contributed by atoms with Crippen LogP contribution >= 0.6 is 11.6 Å². The van der Waals surface area contributed by atoms with Gasteiger partial charge in [-0.15, -0.1) is 0 Å². The second kappa shape index (κ2) is 6.59. The van der Waals surface area contributed by atoms with Gasteiger partial charge >= 0.3 is 0 Å². The number of methoxy groups -OCH3 is 1. The minimum atomic E-state index is -3.49. The molecule has 2 saturated heterocycles. The van der Waals surface area contributed by atoms with Crippen LogP contribution in [0.3, 0.4) is 0 Å². The Morgan fingerprint density at radius 2 is 1.83 bits per heavy atom. The summed E-state index contributed by atoms with van der Waals surface area (Å²) in [5.41, 5.74) is 0.328. The molecule has 7 heteroatoms. The summed E-state index contributed by atoms with van der Waals surface area (Å²) >= 11 is 6.08. The zero-order valence-electron chi connectivity index (χ0n) is 13.3. The van der Waals surface area contributed by atoms with Crippen LogP contribution in [0.5, 0.6) is 5.75 Å². The maximum atomic E-state index is 12.8. The molecule has 0 saturated carbocycles. The Morgan fingerprint density at radius 3 is 2.39 bits per heavy atom. The zero-order chi connectivity index (χ0) is 16.5. The van der Waals surface area contributed by atoms with Crippen molar-refractivity contribution < 1.29 is 13.2 Å². The second-order valence-electron chi connectivity index (χ2n) is 6.45. The fourth-order valence-corrected chi connectivity index (χ4v) is 5.41. The molecule has 2 aliphatic rings. The Labute approximate surface area is 143 Å². The fourth-order valence-electron chi connectivity index (χ4n) is 3.61. The summed E-state index contributed by atoms with van der Waals surface area (Å²) in [5.74, 6) is 0.484. The second-order valence-corrected chi connectivity index (χ2v) is 8.80. The molecular weight excluding hydrogens is 336 g/mol. The van der Waals surface area contributed by atoms with Crippen LogP contribution < -0.4 is 10.1 Å². The van der Waals surface area contributed by atoms with Crippen molar-refractivity contribution in [2.45, 2.75) is 30.6 Å². The highest BCUT2D eigenvalue weighted by Crippen LogP contribution is 2.41. The molecule has 2 fully saturated rings. The summed E-state index contributed by atoms with van der Waals surface area (Å²) in [6.45, 7) is 3.26. The summed E-state index contributed by atoms with van der Waals surface area (Å²) in [5, 5.41) is 3.70. The molecule has 0 aliphatic carbocycles. The van der Waals surface area contributed by atoms with Crippen molar-refractivity contribution in [2.24, 2.45) is 5.41 Å². The number of halogens is 1. The van der Waals surface area contributed by atoms with Gasteiger partial charge < -0.3 is 10.1 Å². The standard InChI is InChI=1S/C16H23ClN2O3S/c1-22-15-3-2-13(12-14(15)17)23(20,21)19-10-6-16(7-11-19)4-8-18-9-5-16/h2-3,12,18H,4-11H2,1H3. The Hall–Kier alpha value is -0.820. The SMILES string of the molecule is COc1ccc(S(=O)(=O)N2CCC3(CCNCC3)CC2)cc1Cl. The normalized spacial score (nSPS) is 22.2. The third-order valence-corrected chi connectivity index (χ3v) is 7.40. The number of hydrogen-bond acceptors (Lipinski definition) is 4. The molecule has 0 radical (unpaired) electrons. The van der Waals surface area contributed by atoms with Crippen molar-refractivity contribution in [3.8, 4) is 5.75 Å². The quantitative estimate of drug-likeness (QED) is 0.901. The van der Waals surface area contributed by atoms with E-state index in [0.717, 1.165) is 38.8 Å². The zero-order valence-corrected chi connectivity index (χ0v) is 14.9. The van der Waals surface area contributed by atoms with Gasteiger partial charge in [0.15, 0.2) is 0 Å². The largest absolute Gasteiger partial charge is 0.495 e. The molecule has 0 amide bonds. The number of benzene rings is 1. The topological polar surface area (TPSA) is 58.6 Å². The predicted molar refractivity (Wildman–Crippen MR) is 90.5 cm³/mol. The van der Waals surface area contributed by atoms with E-state index in [0.29, 0.717) is 29.3 Å². The van der Waals surface area contributed by atoms with Gasteiger partial charge in [-0.2, -0.15) is 4.31 Å². The Bertz CT molecular complexity index is 662. The van der Waals surface area contributed by atoms with Crippen molar-refractivity contribution in [1.82, 2.24) is 9.62 Å². The summed E-state index contributed by atoms with van der Waals surface area (Å²) in [7, 11) is -1.97. The van der Waals surface area contributed by atoms with E-state index in [1.54, 1.807) is 16.4 Å². The molecule has 1 aromatic rings. The van der Waals surface area contributed by atoms with Crippen LogP contribution in [-0.4, -0.2) is 46.0 Å². The van der Waals surface area contributed by atoms with Gasteiger partial charge in [0.05, 0.1) is 17.0 Å². The van der Waals surface area contributed by atoms with Crippen molar-refractivity contribution in [3.63, 3.8) is 0 Å². The van der Waals surface area contributed by atoms with Crippen molar-refractivity contribution in [3.05, 3.63) is 23.2 Å². The number of nitrogens with zero attached hydrogens (tertiary/aromatic N) is 1. The number of rotatable bonds is 3. The smallest absolute Gasteiger partial charge is 0.243 e. The van der Waals surface area contributed by atoms with Crippen LogP contribution in [0, 0.1) is 5.41 Å². The fraction of sp³-hybridized carbons (Fsp3) is 0.625. The number of sulfonamides is 1. The molecule has 0 aromatic heterocycles. The average molecular weight is 359 g/mol. The molecule has 5 nitrogen and oxygen atoms in total. The van der Waals surface area contributed by atoms with Crippen LogP contribution in [0.15, 0.2) is 23.1 Å². The van der Waals surface area contributed by atoms with Crippen LogP contribution in [0.4, 0.5) is 0 Å². The minimum Gasteiger partial charge on any atom is -0.495 e. The van der Waals surface area contributed by atoms with E-state index >= 15 is 0 Å². The Morgan fingerprint density at radius 1 is 1.17 bits per heavy atom. The van der Waals surface area contributed by atoms with E-state index in [4.69, 9.17) is 16.3 Å². The summed E-state index contributed by atoms with van der Waals surface area (Å²) in [6, 6.07) is 4.65. The van der Waals surface area contributed by atoms with Crippen molar-refractivity contribution in [1.29, 1.82) is 0 Å². The number of ether oxygens (including phenoxy) is 1. The molecular formula is C16H23ClN2O3S. The van der Waals surface area contributed by atoms with Gasteiger partial charge in [0, 0.05) is 13.1 Å². The first-order chi connectivity index (χ1) is 11.0. The van der Waals surface area contributed by atoms with Gasteiger partial charge in [-0.3, -0.25) is 0 Å². The van der Waals surface area contributed by atoms with E-state index in [1.165, 1.54) is 13.2 Å². The maximum absolute atomic E-state index is 12.8. The predicted octanol–water partition coefficient (Wildman–Crippen LogP) is 2.50. The van der Waals surface area contributed by atoms with Crippen LogP contribution in [0.2, 0.25) is 5.02 Å². The summed E-state index contributed by atoms with van der Waals surface area (Å²) in [4.78, 5) is 0.240. The first kappa shape index (κ1) is 17.0. The lowest BCUT2D eigenvalue weighted by Crippen LogP contribution is -2.47. The lowest BCUT2D eigenvalue weighted by molar-refractivity contribution is 0.110. The lowest BCUT2D eigenvalue weighted by atomic mass is 9.72. The highest BCUT2D eigenvalue weighted by Gasteiger charge is 2.39. The van der Waals surface area contributed by atoms with E-state index in [9.17, 15) is 8.42 Å². The Kier molecular flexibility index (Phi) is 4.88. The molecule has 128 valence electrons. The average Bonchev–Trinajstić information content (AvgIpc) is 2.56. The van der Waals surface area contributed by atoms with Crippen molar-refractivity contribution >= 4 is 21.6 Å². The highest BCUT2D eigenvalue weighted by molar-refractivity contribution is 7.89. The van der Waals surface area contributed by atoms with Gasteiger partial charge in [0.25, 0.3) is 0 Å². The molecule has 0 unspecified atom stereocenters. The number of nitrogens with one attached hydrogen (secondary N) is 1. The van der Waals surface area contributed by atoms with Crippen molar-refractivity contribution in [2.75, 3.05) is 33.3 Å².